The number of fused-ring (bicyclic) bond motifs is 1. The second-order valence-electron chi connectivity index (χ2n) is 6.13. The van der Waals surface area contributed by atoms with Gasteiger partial charge in [0, 0.05) is 0 Å². The van der Waals surface area contributed by atoms with Gasteiger partial charge < -0.3 is 10.1 Å². The fraction of sp³-hybridized carbons (Fsp3) is 0.136. The molecule has 1 amide bonds. The number of ether oxygens (including phenoxy) is 1. The molecule has 0 heterocycles. The Morgan fingerprint density at radius 2 is 1.81 bits per heavy atom. The fourth-order valence-corrected chi connectivity index (χ4v) is 2.92. The monoisotopic (exact) mass is 358 g/mol. The number of carbonyl (C=O) groups excluding carboxylic acids is 2. The summed E-state index contributed by atoms with van der Waals surface area (Å²) in [7, 11) is 0. The number of nitrogens with one attached hydrogen (secondary N) is 1. The molecule has 0 aromatic heterocycles. The molecule has 0 aliphatic rings. The Bertz CT molecular complexity index is 1030. The molecule has 0 radical (unpaired) electrons. The number of amides is 1. The smallest absolute Gasteiger partial charge is 0.338 e. The molecule has 0 unspecified atom stereocenters. The highest BCUT2D eigenvalue weighted by Gasteiger charge is 2.15. The summed E-state index contributed by atoms with van der Waals surface area (Å²) in [4.78, 5) is 24.2. The predicted molar refractivity (Wildman–Crippen MR) is 102 cm³/mol. The van der Waals surface area contributed by atoms with Crippen LogP contribution < -0.4 is 5.32 Å². The number of hydrogen-bond acceptors (Lipinski definition) is 4. The van der Waals surface area contributed by atoms with Gasteiger partial charge in [0.2, 0.25) is 0 Å². The van der Waals surface area contributed by atoms with Crippen LogP contribution >= 0.6 is 0 Å². The summed E-state index contributed by atoms with van der Waals surface area (Å²) in [5.74, 6) is -1.03. The lowest BCUT2D eigenvalue weighted by Crippen LogP contribution is -2.31. The van der Waals surface area contributed by atoms with E-state index in [1.54, 1.807) is 18.2 Å². The van der Waals surface area contributed by atoms with Gasteiger partial charge in [-0.05, 0) is 41.5 Å². The minimum Gasteiger partial charge on any atom is -0.452 e. The van der Waals surface area contributed by atoms with Crippen LogP contribution in [-0.2, 0) is 9.53 Å². The van der Waals surface area contributed by atoms with E-state index in [9.17, 15) is 9.59 Å². The van der Waals surface area contributed by atoms with Crippen molar-refractivity contribution in [3.8, 4) is 6.07 Å². The van der Waals surface area contributed by atoms with Crippen molar-refractivity contribution in [1.82, 2.24) is 5.32 Å². The molecule has 3 aromatic carbocycles. The van der Waals surface area contributed by atoms with Crippen molar-refractivity contribution >= 4 is 22.6 Å². The molecule has 134 valence electrons. The molecule has 0 bridgehead atoms. The van der Waals surface area contributed by atoms with Gasteiger partial charge in [0.15, 0.2) is 6.61 Å². The molecule has 3 aromatic rings. The van der Waals surface area contributed by atoms with Crippen LogP contribution in [0.1, 0.15) is 34.5 Å². The minimum absolute atomic E-state index is 0.232. The molecule has 0 aliphatic heterocycles. The number of nitrogens with zero attached hydrogens (tertiary/aromatic N) is 1. The van der Waals surface area contributed by atoms with Crippen molar-refractivity contribution < 1.29 is 14.3 Å². The maximum atomic E-state index is 12.2. The number of benzene rings is 3. The number of hydrogen-bond donors (Lipinski definition) is 1. The van der Waals surface area contributed by atoms with Crippen LogP contribution in [0.5, 0.6) is 0 Å². The molecule has 0 saturated heterocycles. The van der Waals surface area contributed by atoms with E-state index >= 15 is 0 Å². The van der Waals surface area contributed by atoms with Crippen molar-refractivity contribution in [2.45, 2.75) is 13.0 Å². The molecule has 1 N–H and O–H groups in total. The van der Waals surface area contributed by atoms with E-state index in [2.05, 4.69) is 5.32 Å². The maximum Gasteiger partial charge on any atom is 0.338 e. The number of rotatable bonds is 5. The summed E-state index contributed by atoms with van der Waals surface area (Å²) in [6.45, 7) is 1.50. The third-order valence-electron chi connectivity index (χ3n) is 4.23. The maximum absolute atomic E-state index is 12.2. The third-order valence-corrected chi connectivity index (χ3v) is 4.23. The Kier molecular flexibility index (Phi) is 5.48. The lowest BCUT2D eigenvalue weighted by atomic mass is 10.00. The molecule has 0 fully saturated rings. The lowest BCUT2D eigenvalue weighted by Gasteiger charge is -2.16. The Hall–Kier alpha value is -3.65. The zero-order chi connectivity index (χ0) is 19.2. The van der Waals surface area contributed by atoms with E-state index in [1.165, 1.54) is 6.07 Å². The summed E-state index contributed by atoms with van der Waals surface area (Å²) in [6, 6.07) is 21.8. The summed E-state index contributed by atoms with van der Waals surface area (Å²) in [5, 5.41) is 13.9. The second-order valence-corrected chi connectivity index (χ2v) is 6.13. The van der Waals surface area contributed by atoms with Crippen molar-refractivity contribution in [2.75, 3.05) is 6.61 Å². The van der Waals surface area contributed by atoms with Crippen LogP contribution in [0, 0.1) is 11.3 Å². The van der Waals surface area contributed by atoms with Gasteiger partial charge in [0.25, 0.3) is 5.91 Å². The predicted octanol–water partition coefficient (Wildman–Crippen LogP) is 3.75. The molecule has 0 aliphatic carbocycles. The Morgan fingerprint density at radius 3 is 2.63 bits per heavy atom. The average molecular weight is 358 g/mol. The van der Waals surface area contributed by atoms with Crippen LogP contribution in [0.4, 0.5) is 0 Å². The topological polar surface area (TPSA) is 79.2 Å². The van der Waals surface area contributed by atoms with Crippen molar-refractivity contribution in [3.63, 3.8) is 0 Å². The Morgan fingerprint density at radius 1 is 1.07 bits per heavy atom. The Balaban J connectivity index is 1.62. The largest absolute Gasteiger partial charge is 0.452 e. The third kappa shape index (κ3) is 4.31. The van der Waals surface area contributed by atoms with Gasteiger partial charge in [-0.15, -0.1) is 0 Å². The highest BCUT2D eigenvalue weighted by atomic mass is 16.5. The van der Waals surface area contributed by atoms with Crippen LogP contribution in [0.2, 0.25) is 0 Å². The van der Waals surface area contributed by atoms with Gasteiger partial charge >= 0.3 is 5.97 Å². The summed E-state index contributed by atoms with van der Waals surface area (Å²) in [5.41, 5.74) is 1.59. The molecule has 3 rings (SSSR count). The molecule has 5 nitrogen and oxygen atoms in total. The molecule has 1 atom stereocenters. The fourth-order valence-electron chi connectivity index (χ4n) is 2.92. The summed E-state index contributed by atoms with van der Waals surface area (Å²) in [6.07, 6.45) is 0. The molecular weight excluding hydrogens is 340 g/mol. The first-order valence-electron chi connectivity index (χ1n) is 8.53. The lowest BCUT2D eigenvalue weighted by molar-refractivity contribution is -0.124. The number of nitriles is 1. The standard InChI is InChI=1S/C22H18N2O3/c1-15(19-11-5-8-17-7-2-3-10-20(17)19)24-21(25)14-27-22(26)18-9-4-6-16(12-18)13-23/h2-12,15H,14H2,1H3,(H,24,25)/t15-/m0/s1. The molecule has 0 saturated carbocycles. The minimum atomic E-state index is -0.639. The van der Waals surface area contributed by atoms with Gasteiger partial charge in [-0.25, -0.2) is 4.79 Å². The van der Waals surface area contributed by atoms with Crippen molar-refractivity contribution in [2.24, 2.45) is 0 Å². The van der Waals surface area contributed by atoms with Gasteiger partial charge in [0.05, 0.1) is 23.2 Å². The van der Waals surface area contributed by atoms with Crippen LogP contribution in [0.15, 0.2) is 66.7 Å². The van der Waals surface area contributed by atoms with Crippen molar-refractivity contribution in [3.05, 3.63) is 83.4 Å². The zero-order valence-electron chi connectivity index (χ0n) is 14.8. The number of carbonyl (C=O) groups is 2. The highest BCUT2D eigenvalue weighted by Crippen LogP contribution is 2.23. The van der Waals surface area contributed by atoms with Crippen LogP contribution in [-0.4, -0.2) is 18.5 Å². The van der Waals surface area contributed by atoms with Crippen LogP contribution in [0.3, 0.4) is 0 Å². The summed E-state index contributed by atoms with van der Waals surface area (Å²) < 4.78 is 5.05. The average Bonchev–Trinajstić information content (AvgIpc) is 2.71. The van der Waals surface area contributed by atoms with Gasteiger partial charge in [-0.1, -0.05) is 48.5 Å². The van der Waals surface area contributed by atoms with Gasteiger partial charge in [-0.2, -0.15) is 5.26 Å². The van der Waals surface area contributed by atoms with Gasteiger partial charge in [-0.3, -0.25) is 4.79 Å². The normalized spacial score (nSPS) is 11.4. The summed E-state index contributed by atoms with van der Waals surface area (Å²) >= 11 is 0. The SMILES string of the molecule is C[C@H](NC(=O)COC(=O)c1cccc(C#N)c1)c1cccc2ccccc12. The van der Waals surface area contributed by atoms with E-state index in [1.807, 2.05) is 55.5 Å². The second kappa shape index (κ2) is 8.15. The van der Waals surface area contributed by atoms with E-state index in [4.69, 9.17) is 10.00 Å². The van der Waals surface area contributed by atoms with Gasteiger partial charge in [0.1, 0.15) is 0 Å². The molecular formula is C22H18N2O3. The van der Waals surface area contributed by atoms with Crippen molar-refractivity contribution in [1.29, 1.82) is 5.26 Å². The Labute approximate surface area is 157 Å². The highest BCUT2D eigenvalue weighted by molar-refractivity contribution is 5.92. The molecule has 0 spiro atoms. The first-order valence-corrected chi connectivity index (χ1v) is 8.53. The van der Waals surface area contributed by atoms with E-state index < -0.39 is 5.97 Å². The first-order chi connectivity index (χ1) is 13.1. The molecule has 5 heteroatoms. The first kappa shape index (κ1) is 18.2. The molecule has 27 heavy (non-hydrogen) atoms. The van der Waals surface area contributed by atoms with E-state index in [0.717, 1.165) is 16.3 Å². The van der Waals surface area contributed by atoms with Crippen LogP contribution in [0.25, 0.3) is 10.8 Å². The quantitative estimate of drug-likeness (QED) is 0.705. The number of esters is 1. The van der Waals surface area contributed by atoms with E-state index in [-0.39, 0.29) is 24.1 Å². The zero-order valence-corrected chi connectivity index (χ0v) is 14.8. The van der Waals surface area contributed by atoms with E-state index in [0.29, 0.717) is 5.56 Å².